The summed E-state index contributed by atoms with van der Waals surface area (Å²) in [6.45, 7) is 7.63. The summed E-state index contributed by atoms with van der Waals surface area (Å²) in [6, 6.07) is -0.155. The maximum atomic E-state index is 13.6. The van der Waals surface area contributed by atoms with Crippen LogP contribution in [-0.2, 0) is 4.79 Å². The maximum absolute atomic E-state index is 13.6. The number of carbonyl (C=O) groups excluding carboxylic acids is 1. The van der Waals surface area contributed by atoms with Crippen LogP contribution in [0.4, 0.5) is 19.0 Å². The molecule has 4 rings (SSSR count). The van der Waals surface area contributed by atoms with Gasteiger partial charge < -0.3 is 10.2 Å². The largest absolute Gasteiger partial charge is 0.410 e. The van der Waals surface area contributed by atoms with Gasteiger partial charge in [-0.3, -0.25) is 9.69 Å². The number of rotatable bonds is 3. The number of nitrogens with one attached hydrogen (secondary N) is 1. The number of aromatic nitrogens is 2. The molecule has 0 saturated carbocycles. The fourth-order valence-corrected chi connectivity index (χ4v) is 5.10. The van der Waals surface area contributed by atoms with E-state index in [1.54, 1.807) is 13.0 Å². The van der Waals surface area contributed by atoms with Crippen LogP contribution >= 0.6 is 0 Å². The van der Waals surface area contributed by atoms with Gasteiger partial charge >= 0.3 is 6.18 Å². The van der Waals surface area contributed by atoms with Crippen molar-refractivity contribution in [3.63, 3.8) is 0 Å². The summed E-state index contributed by atoms with van der Waals surface area (Å²) in [6.07, 6.45) is -0.590. The van der Waals surface area contributed by atoms with Gasteiger partial charge in [-0.25, -0.2) is 4.68 Å². The van der Waals surface area contributed by atoms with Crippen molar-refractivity contribution in [2.45, 2.75) is 64.2 Å². The number of hydrogen-bond donors (Lipinski definition) is 1. The minimum atomic E-state index is -4.32. The molecule has 6 nitrogen and oxygen atoms in total. The highest BCUT2D eigenvalue weighted by atomic mass is 19.4. The second kappa shape index (κ2) is 8.40. The van der Waals surface area contributed by atoms with Crippen LogP contribution in [0, 0.1) is 18.8 Å². The molecule has 3 aliphatic rings. The predicted molar refractivity (Wildman–Crippen MR) is 108 cm³/mol. The topological polar surface area (TPSA) is 53.4 Å². The van der Waals surface area contributed by atoms with Crippen LogP contribution in [0.15, 0.2) is 6.07 Å². The third kappa shape index (κ3) is 4.60. The van der Waals surface area contributed by atoms with Crippen molar-refractivity contribution in [1.29, 1.82) is 0 Å². The van der Waals surface area contributed by atoms with Gasteiger partial charge in [0.05, 0.1) is 12.2 Å². The zero-order valence-electron chi connectivity index (χ0n) is 17.8. The van der Waals surface area contributed by atoms with E-state index in [-0.39, 0.29) is 24.3 Å². The highest BCUT2D eigenvalue weighted by Gasteiger charge is 2.47. The molecule has 30 heavy (non-hydrogen) atoms. The van der Waals surface area contributed by atoms with E-state index in [2.05, 4.69) is 22.2 Å². The minimum Gasteiger partial charge on any atom is -0.367 e. The van der Waals surface area contributed by atoms with E-state index in [4.69, 9.17) is 0 Å². The lowest BCUT2D eigenvalue weighted by molar-refractivity contribution is -0.174. The van der Waals surface area contributed by atoms with Gasteiger partial charge in [-0.15, -0.1) is 0 Å². The molecule has 1 aromatic rings. The molecule has 0 spiro atoms. The molecule has 2 saturated heterocycles. The van der Waals surface area contributed by atoms with Crippen molar-refractivity contribution in [2.24, 2.45) is 11.8 Å². The summed E-state index contributed by atoms with van der Waals surface area (Å²) < 4.78 is 42.0. The maximum Gasteiger partial charge on any atom is 0.410 e. The summed E-state index contributed by atoms with van der Waals surface area (Å²) >= 11 is 0. The van der Waals surface area contributed by atoms with Crippen molar-refractivity contribution >= 4 is 11.7 Å². The smallest absolute Gasteiger partial charge is 0.367 e. The Bertz CT molecular complexity index is 748. The number of anilines is 1. The Morgan fingerprint density at radius 1 is 1.17 bits per heavy atom. The fourth-order valence-electron chi connectivity index (χ4n) is 5.10. The zero-order valence-corrected chi connectivity index (χ0v) is 17.8. The number of nitrogens with zero attached hydrogens (tertiary/aromatic N) is 4. The number of alkyl halides is 3. The lowest BCUT2D eigenvalue weighted by Crippen LogP contribution is -2.49. The highest BCUT2D eigenvalue weighted by molar-refractivity contribution is 5.78. The summed E-state index contributed by atoms with van der Waals surface area (Å²) in [5.74, 6) is 1.46. The van der Waals surface area contributed by atoms with Crippen LogP contribution in [-0.4, -0.2) is 70.4 Å². The zero-order chi connectivity index (χ0) is 21.5. The summed E-state index contributed by atoms with van der Waals surface area (Å²) in [4.78, 5) is 16.8. The summed E-state index contributed by atoms with van der Waals surface area (Å²) in [5, 5.41) is 7.34. The first-order valence-corrected chi connectivity index (χ1v) is 11.1. The normalized spacial score (nSPS) is 27.0. The van der Waals surface area contributed by atoms with Gasteiger partial charge in [-0.2, -0.15) is 18.3 Å². The Kier molecular flexibility index (Phi) is 6.01. The monoisotopic (exact) mass is 427 g/mol. The lowest BCUT2D eigenvalue weighted by Gasteiger charge is -2.41. The SMILES string of the molecule is Cc1cc2n(n1)[C@@H](C(F)(F)F)C[C@@H](C1CCN(C(=O)CN3CCC(C)CC3)CC1)N2. The number of amides is 1. The summed E-state index contributed by atoms with van der Waals surface area (Å²) in [7, 11) is 0. The van der Waals surface area contributed by atoms with Crippen LogP contribution in [0.2, 0.25) is 0 Å². The van der Waals surface area contributed by atoms with Crippen LogP contribution in [0.1, 0.15) is 50.8 Å². The Labute approximate surface area is 175 Å². The number of halogens is 3. The molecule has 0 aliphatic carbocycles. The number of fused-ring (bicyclic) bond motifs is 1. The molecule has 1 amide bonds. The first-order valence-electron chi connectivity index (χ1n) is 11.1. The summed E-state index contributed by atoms with van der Waals surface area (Å²) in [5.41, 5.74) is 0.583. The molecular formula is C21H32F3N5O. The van der Waals surface area contributed by atoms with Crippen molar-refractivity contribution in [3.05, 3.63) is 11.8 Å². The van der Waals surface area contributed by atoms with Gasteiger partial charge in [0.15, 0.2) is 6.04 Å². The average molecular weight is 428 g/mol. The molecule has 0 aromatic carbocycles. The fraction of sp³-hybridized carbons (Fsp3) is 0.810. The molecule has 2 atom stereocenters. The molecule has 0 bridgehead atoms. The molecule has 4 heterocycles. The molecule has 2 fully saturated rings. The van der Waals surface area contributed by atoms with Crippen molar-refractivity contribution in [1.82, 2.24) is 19.6 Å². The highest BCUT2D eigenvalue weighted by Crippen LogP contribution is 2.42. The van der Waals surface area contributed by atoms with Crippen LogP contribution < -0.4 is 5.32 Å². The average Bonchev–Trinajstić information content (AvgIpc) is 3.08. The van der Waals surface area contributed by atoms with Crippen LogP contribution in [0.5, 0.6) is 0 Å². The Morgan fingerprint density at radius 2 is 1.83 bits per heavy atom. The number of piperidine rings is 2. The van der Waals surface area contributed by atoms with Gasteiger partial charge in [0, 0.05) is 25.2 Å². The molecular weight excluding hydrogens is 395 g/mol. The third-order valence-electron chi connectivity index (χ3n) is 7.04. The number of likely N-dealkylation sites (tertiary alicyclic amines) is 2. The second-order valence-corrected chi connectivity index (χ2v) is 9.34. The molecule has 0 unspecified atom stereocenters. The quantitative estimate of drug-likeness (QED) is 0.803. The van der Waals surface area contributed by atoms with Crippen LogP contribution in [0.3, 0.4) is 0 Å². The third-order valence-corrected chi connectivity index (χ3v) is 7.04. The van der Waals surface area contributed by atoms with Gasteiger partial charge in [-0.1, -0.05) is 6.92 Å². The molecule has 3 aliphatic heterocycles. The Balaban J connectivity index is 1.33. The predicted octanol–water partition coefficient (Wildman–Crippen LogP) is 3.45. The van der Waals surface area contributed by atoms with E-state index in [9.17, 15) is 18.0 Å². The molecule has 1 aromatic heterocycles. The van der Waals surface area contributed by atoms with Crippen molar-refractivity contribution < 1.29 is 18.0 Å². The van der Waals surface area contributed by atoms with E-state index in [1.165, 1.54) is 0 Å². The molecule has 1 N–H and O–H groups in total. The van der Waals surface area contributed by atoms with Gasteiger partial charge in [0.25, 0.3) is 0 Å². The van der Waals surface area contributed by atoms with E-state index in [0.717, 1.165) is 49.4 Å². The van der Waals surface area contributed by atoms with Gasteiger partial charge in [0.2, 0.25) is 5.91 Å². The van der Waals surface area contributed by atoms with E-state index in [1.807, 2.05) is 4.90 Å². The first-order chi connectivity index (χ1) is 14.2. The Hall–Kier alpha value is -1.77. The van der Waals surface area contributed by atoms with E-state index in [0.29, 0.717) is 31.1 Å². The number of hydrogen-bond acceptors (Lipinski definition) is 4. The minimum absolute atomic E-state index is 0.0117. The van der Waals surface area contributed by atoms with Gasteiger partial charge in [-0.05, 0) is 64.0 Å². The molecule has 168 valence electrons. The Morgan fingerprint density at radius 3 is 2.47 bits per heavy atom. The van der Waals surface area contributed by atoms with Gasteiger partial charge in [0.1, 0.15) is 5.82 Å². The van der Waals surface area contributed by atoms with E-state index >= 15 is 0 Å². The molecule has 9 heteroatoms. The number of carbonyl (C=O) groups is 1. The first kappa shape index (κ1) is 21.5. The lowest BCUT2D eigenvalue weighted by atomic mass is 9.84. The number of aryl methyl sites for hydroxylation is 1. The van der Waals surface area contributed by atoms with Crippen molar-refractivity contribution in [3.8, 4) is 0 Å². The van der Waals surface area contributed by atoms with E-state index < -0.39 is 12.2 Å². The molecule has 0 radical (unpaired) electrons. The van der Waals surface area contributed by atoms with Crippen LogP contribution in [0.25, 0.3) is 0 Å². The van der Waals surface area contributed by atoms with Crippen molar-refractivity contribution in [2.75, 3.05) is 38.0 Å². The second-order valence-electron chi connectivity index (χ2n) is 9.34. The standard InChI is InChI=1S/C21H32F3N5O/c1-14-3-7-27(8-4-14)13-20(30)28-9-5-16(6-10-28)17-12-18(21(22,23)24)29-19(25-17)11-15(2)26-29/h11,14,16-18,25H,3-10,12-13H2,1-2H3/t17-,18+/m0/s1.